The van der Waals surface area contributed by atoms with Crippen molar-refractivity contribution in [1.82, 2.24) is 10.1 Å². The monoisotopic (exact) mass is 273 g/mol. The Morgan fingerprint density at radius 1 is 1.56 bits per heavy atom. The minimum atomic E-state index is -2.93. The molecule has 0 radical (unpaired) electrons. The van der Waals surface area contributed by atoms with Crippen molar-refractivity contribution in [1.29, 1.82) is 0 Å². The lowest BCUT2D eigenvalue weighted by Gasteiger charge is -2.13. The Balaban J connectivity index is 2.11. The first-order valence-electron chi connectivity index (χ1n) is 6.22. The van der Waals surface area contributed by atoms with E-state index in [1.54, 1.807) is 0 Å². The van der Waals surface area contributed by atoms with Gasteiger partial charge in [-0.1, -0.05) is 25.4 Å². The summed E-state index contributed by atoms with van der Waals surface area (Å²) in [6, 6.07) is -0.283. The Morgan fingerprint density at radius 2 is 2.28 bits per heavy atom. The van der Waals surface area contributed by atoms with Crippen molar-refractivity contribution in [2.75, 3.05) is 11.5 Å². The first-order valence-corrected chi connectivity index (χ1v) is 8.04. The SMILES string of the molecule is CC[C@H](C)[C@H](N)c1nc(C2CCS(=O)(=O)C2)no1. The predicted molar refractivity (Wildman–Crippen MR) is 66.7 cm³/mol. The highest BCUT2D eigenvalue weighted by Crippen LogP contribution is 2.28. The third-order valence-electron chi connectivity index (χ3n) is 3.60. The average Bonchev–Trinajstić information content (AvgIpc) is 2.93. The van der Waals surface area contributed by atoms with Crippen LogP contribution in [0.2, 0.25) is 0 Å². The maximum atomic E-state index is 11.4. The summed E-state index contributed by atoms with van der Waals surface area (Å²) in [6.07, 6.45) is 1.50. The maximum absolute atomic E-state index is 11.4. The molecule has 0 saturated carbocycles. The first kappa shape index (κ1) is 13.5. The van der Waals surface area contributed by atoms with Gasteiger partial charge < -0.3 is 10.3 Å². The molecule has 2 rings (SSSR count). The predicted octanol–water partition coefficient (Wildman–Crippen LogP) is 1.02. The molecule has 0 aliphatic carbocycles. The summed E-state index contributed by atoms with van der Waals surface area (Å²) in [5.74, 6) is 1.32. The van der Waals surface area contributed by atoms with E-state index in [1.807, 2.05) is 13.8 Å². The van der Waals surface area contributed by atoms with E-state index in [0.717, 1.165) is 6.42 Å². The summed E-state index contributed by atoms with van der Waals surface area (Å²) in [4.78, 5) is 4.26. The van der Waals surface area contributed by atoms with Crippen molar-refractivity contribution in [2.45, 2.75) is 38.6 Å². The molecule has 102 valence electrons. The molecule has 0 amide bonds. The largest absolute Gasteiger partial charge is 0.338 e. The number of rotatable bonds is 4. The number of nitrogens with zero attached hydrogens (tertiary/aromatic N) is 2. The van der Waals surface area contributed by atoms with Crippen LogP contribution in [-0.4, -0.2) is 30.1 Å². The van der Waals surface area contributed by atoms with Gasteiger partial charge in [-0.05, 0) is 12.3 Å². The molecule has 0 aromatic carbocycles. The van der Waals surface area contributed by atoms with Crippen LogP contribution in [0.1, 0.15) is 50.4 Å². The van der Waals surface area contributed by atoms with Crippen LogP contribution in [0.3, 0.4) is 0 Å². The van der Waals surface area contributed by atoms with Crippen molar-refractivity contribution in [2.24, 2.45) is 11.7 Å². The zero-order valence-corrected chi connectivity index (χ0v) is 11.5. The van der Waals surface area contributed by atoms with Crippen LogP contribution in [0.15, 0.2) is 4.52 Å². The van der Waals surface area contributed by atoms with Gasteiger partial charge in [-0.2, -0.15) is 4.98 Å². The molecule has 1 aliphatic heterocycles. The van der Waals surface area contributed by atoms with Crippen molar-refractivity contribution in [3.63, 3.8) is 0 Å². The highest BCUT2D eigenvalue weighted by atomic mass is 32.2. The van der Waals surface area contributed by atoms with Gasteiger partial charge in [0.25, 0.3) is 0 Å². The fourth-order valence-electron chi connectivity index (χ4n) is 2.04. The van der Waals surface area contributed by atoms with Crippen LogP contribution in [0.4, 0.5) is 0 Å². The summed E-state index contributed by atoms with van der Waals surface area (Å²) in [5, 5.41) is 3.87. The zero-order chi connectivity index (χ0) is 13.3. The quantitative estimate of drug-likeness (QED) is 0.879. The van der Waals surface area contributed by atoms with Gasteiger partial charge in [-0.3, -0.25) is 0 Å². The Labute approximate surface area is 107 Å². The molecule has 0 spiro atoms. The Hall–Kier alpha value is -0.950. The van der Waals surface area contributed by atoms with Gasteiger partial charge in [0.2, 0.25) is 5.89 Å². The van der Waals surface area contributed by atoms with Crippen LogP contribution in [0, 0.1) is 5.92 Å². The van der Waals surface area contributed by atoms with E-state index in [0.29, 0.717) is 18.1 Å². The molecule has 0 bridgehead atoms. The molecule has 18 heavy (non-hydrogen) atoms. The number of hydrogen-bond donors (Lipinski definition) is 1. The summed E-state index contributed by atoms with van der Waals surface area (Å²) in [6.45, 7) is 4.07. The van der Waals surface area contributed by atoms with Crippen LogP contribution in [-0.2, 0) is 9.84 Å². The Morgan fingerprint density at radius 3 is 2.83 bits per heavy atom. The fourth-order valence-corrected chi connectivity index (χ4v) is 3.78. The number of sulfone groups is 1. The van der Waals surface area contributed by atoms with Gasteiger partial charge in [0.05, 0.1) is 17.5 Å². The molecule has 1 fully saturated rings. The summed E-state index contributed by atoms with van der Waals surface area (Å²) in [7, 11) is -2.93. The molecule has 1 aliphatic rings. The lowest BCUT2D eigenvalue weighted by Crippen LogP contribution is -2.19. The lowest BCUT2D eigenvalue weighted by molar-refractivity contribution is 0.309. The summed E-state index contributed by atoms with van der Waals surface area (Å²) in [5.41, 5.74) is 6.00. The second-order valence-corrected chi connectivity index (χ2v) is 7.23. The minimum Gasteiger partial charge on any atom is -0.338 e. The minimum absolute atomic E-state index is 0.116. The third kappa shape index (κ3) is 2.72. The van der Waals surface area contributed by atoms with Crippen molar-refractivity contribution in [3.8, 4) is 0 Å². The second kappa shape index (κ2) is 4.97. The van der Waals surface area contributed by atoms with E-state index in [-0.39, 0.29) is 29.4 Å². The summed E-state index contributed by atoms with van der Waals surface area (Å²) >= 11 is 0. The van der Waals surface area contributed by atoms with E-state index in [1.165, 1.54) is 0 Å². The van der Waals surface area contributed by atoms with Gasteiger partial charge >= 0.3 is 0 Å². The van der Waals surface area contributed by atoms with E-state index in [4.69, 9.17) is 10.3 Å². The van der Waals surface area contributed by atoms with Gasteiger partial charge in [-0.25, -0.2) is 8.42 Å². The van der Waals surface area contributed by atoms with E-state index in [2.05, 4.69) is 10.1 Å². The van der Waals surface area contributed by atoms with Gasteiger partial charge in [-0.15, -0.1) is 0 Å². The van der Waals surface area contributed by atoms with Gasteiger partial charge in [0.1, 0.15) is 0 Å². The van der Waals surface area contributed by atoms with Crippen molar-refractivity contribution in [3.05, 3.63) is 11.7 Å². The Bertz CT molecular complexity index is 511. The van der Waals surface area contributed by atoms with Crippen molar-refractivity contribution >= 4 is 9.84 Å². The Kier molecular flexibility index (Phi) is 3.72. The first-order chi connectivity index (χ1) is 8.43. The topological polar surface area (TPSA) is 99.1 Å². The smallest absolute Gasteiger partial charge is 0.243 e. The number of nitrogens with two attached hydrogens (primary N) is 1. The molecular formula is C11H19N3O3S. The van der Waals surface area contributed by atoms with E-state index >= 15 is 0 Å². The van der Waals surface area contributed by atoms with E-state index in [9.17, 15) is 8.42 Å². The highest BCUT2D eigenvalue weighted by molar-refractivity contribution is 7.91. The van der Waals surface area contributed by atoms with Gasteiger partial charge in [0.15, 0.2) is 15.7 Å². The number of hydrogen-bond acceptors (Lipinski definition) is 6. The lowest BCUT2D eigenvalue weighted by atomic mass is 10.0. The molecular weight excluding hydrogens is 254 g/mol. The van der Waals surface area contributed by atoms with Crippen molar-refractivity contribution < 1.29 is 12.9 Å². The molecule has 1 unspecified atom stereocenters. The van der Waals surface area contributed by atoms with Crippen LogP contribution < -0.4 is 5.73 Å². The highest BCUT2D eigenvalue weighted by Gasteiger charge is 2.33. The standard InChI is InChI=1S/C11H19N3O3S/c1-3-7(2)9(12)11-13-10(14-17-11)8-4-5-18(15,16)6-8/h7-9H,3-6,12H2,1-2H3/t7-,8?,9-/m0/s1. The molecule has 1 saturated heterocycles. The molecule has 1 aromatic rings. The normalized spacial score (nSPS) is 26.1. The number of aromatic nitrogens is 2. The van der Waals surface area contributed by atoms with Crippen LogP contribution >= 0.6 is 0 Å². The van der Waals surface area contributed by atoms with Crippen LogP contribution in [0.5, 0.6) is 0 Å². The maximum Gasteiger partial charge on any atom is 0.243 e. The van der Waals surface area contributed by atoms with E-state index < -0.39 is 9.84 Å². The third-order valence-corrected chi connectivity index (χ3v) is 5.37. The molecule has 2 N–H and O–H groups in total. The summed E-state index contributed by atoms with van der Waals surface area (Å²) < 4.78 is 27.9. The van der Waals surface area contributed by atoms with Crippen LogP contribution in [0.25, 0.3) is 0 Å². The molecule has 2 heterocycles. The second-order valence-electron chi connectivity index (χ2n) is 5.00. The fraction of sp³-hybridized carbons (Fsp3) is 0.818. The van der Waals surface area contributed by atoms with Gasteiger partial charge in [0, 0.05) is 5.92 Å². The average molecular weight is 273 g/mol. The molecule has 7 heteroatoms. The molecule has 1 aromatic heterocycles. The zero-order valence-electron chi connectivity index (χ0n) is 10.7. The molecule has 3 atom stereocenters. The molecule has 6 nitrogen and oxygen atoms in total.